The van der Waals surface area contributed by atoms with E-state index in [1.807, 2.05) is 80.6 Å². The maximum Gasteiger partial charge on any atom is 0.335 e. The molecule has 0 amide bonds. The zero-order valence-corrected chi connectivity index (χ0v) is 23.7. The first-order chi connectivity index (χ1) is 19.4. The minimum Gasteiger partial charge on any atom is -0.478 e. The van der Waals surface area contributed by atoms with E-state index in [1.54, 1.807) is 0 Å². The first-order valence-corrected chi connectivity index (χ1v) is 14.3. The summed E-state index contributed by atoms with van der Waals surface area (Å²) in [6.07, 6.45) is 8.03. The average molecular weight is 556 g/mol. The monoisotopic (exact) mass is 555 g/mol. The minimum atomic E-state index is -1.000. The van der Waals surface area contributed by atoms with Gasteiger partial charge in [-0.1, -0.05) is 54.1 Å². The van der Waals surface area contributed by atoms with E-state index < -0.39 is 11.8 Å². The van der Waals surface area contributed by atoms with Crippen LogP contribution in [0, 0.1) is 0 Å². The van der Waals surface area contributed by atoms with Gasteiger partial charge < -0.3 is 14.6 Å². The highest BCUT2D eigenvalue weighted by Crippen LogP contribution is 2.35. The third-order valence-electron chi connectivity index (χ3n) is 7.48. The second kappa shape index (κ2) is 12.3. The Morgan fingerprint density at radius 1 is 0.975 bits per heavy atom. The quantitative estimate of drug-likeness (QED) is 0.189. The lowest BCUT2D eigenvalue weighted by atomic mass is 9.92. The van der Waals surface area contributed by atoms with Crippen molar-refractivity contribution < 1.29 is 19.4 Å². The van der Waals surface area contributed by atoms with Crippen LogP contribution in [0.15, 0.2) is 66.7 Å². The van der Waals surface area contributed by atoms with Gasteiger partial charge in [-0.3, -0.25) is 0 Å². The predicted octanol–water partition coefficient (Wildman–Crippen LogP) is 8.10. The van der Waals surface area contributed by atoms with Crippen LogP contribution in [-0.2, 0) is 34.5 Å². The number of carboxylic acid groups (broad SMARTS) is 1. The average Bonchev–Trinajstić information content (AvgIpc) is 3.42. The van der Waals surface area contributed by atoms with Crippen molar-refractivity contribution in [2.24, 2.45) is 0 Å². The van der Waals surface area contributed by atoms with Crippen molar-refractivity contribution >= 4 is 40.6 Å². The fourth-order valence-corrected chi connectivity index (χ4v) is 5.77. The SMILES string of the molecule is CCOC(CCc1cc2c(cc1C(=O)O)CCC2)(OCC)c1cccc(/C=C/c2ccc3ccc(Cl)cc3n2)c1. The second-order valence-corrected chi connectivity index (χ2v) is 10.5. The number of benzene rings is 3. The lowest BCUT2D eigenvalue weighted by Gasteiger charge is -2.34. The van der Waals surface area contributed by atoms with Gasteiger partial charge in [0.15, 0.2) is 5.79 Å². The zero-order valence-electron chi connectivity index (χ0n) is 23.0. The van der Waals surface area contributed by atoms with E-state index in [0.717, 1.165) is 58.1 Å². The molecule has 1 N–H and O–H groups in total. The van der Waals surface area contributed by atoms with E-state index in [9.17, 15) is 9.90 Å². The lowest BCUT2D eigenvalue weighted by Crippen LogP contribution is -2.34. The van der Waals surface area contributed by atoms with Gasteiger partial charge >= 0.3 is 5.97 Å². The molecular weight excluding hydrogens is 522 g/mol. The molecule has 1 aromatic heterocycles. The summed E-state index contributed by atoms with van der Waals surface area (Å²) in [6, 6.07) is 21.8. The molecule has 3 aromatic carbocycles. The number of carbonyl (C=O) groups is 1. The van der Waals surface area contributed by atoms with Gasteiger partial charge in [0, 0.05) is 35.6 Å². The molecule has 206 valence electrons. The number of hydrogen-bond acceptors (Lipinski definition) is 4. The van der Waals surface area contributed by atoms with Crippen LogP contribution >= 0.6 is 11.6 Å². The predicted molar refractivity (Wildman–Crippen MR) is 161 cm³/mol. The van der Waals surface area contributed by atoms with Crippen molar-refractivity contribution in [2.75, 3.05) is 13.2 Å². The number of carboxylic acids is 1. The molecule has 0 spiro atoms. The van der Waals surface area contributed by atoms with Gasteiger partial charge in [0.1, 0.15) is 0 Å². The second-order valence-electron chi connectivity index (χ2n) is 10.1. The molecule has 1 heterocycles. The zero-order chi connectivity index (χ0) is 28.1. The number of ether oxygens (including phenoxy) is 2. The molecule has 5 nitrogen and oxygen atoms in total. The fraction of sp³-hybridized carbons (Fsp3) is 0.294. The minimum absolute atomic E-state index is 0.378. The Balaban J connectivity index is 1.44. The summed E-state index contributed by atoms with van der Waals surface area (Å²) < 4.78 is 12.7. The number of nitrogens with zero attached hydrogens (tertiary/aromatic N) is 1. The summed E-state index contributed by atoms with van der Waals surface area (Å²) >= 11 is 6.16. The number of aryl methyl sites for hydroxylation is 3. The summed E-state index contributed by atoms with van der Waals surface area (Å²) in [5.41, 5.74) is 7.19. The molecule has 0 bridgehead atoms. The molecule has 5 rings (SSSR count). The molecule has 0 saturated carbocycles. The van der Waals surface area contributed by atoms with Gasteiger partial charge in [-0.25, -0.2) is 9.78 Å². The van der Waals surface area contributed by atoms with Crippen LogP contribution in [0.4, 0.5) is 0 Å². The van der Waals surface area contributed by atoms with E-state index in [-0.39, 0.29) is 0 Å². The first-order valence-electron chi connectivity index (χ1n) is 13.9. The highest BCUT2D eigenvalue weighted by molar-refractivity contribution is 6.31. The van der Waals surface area contributed by atoms with Crippen molar-refractivity contribution in [3.63, 3.8) is 0 Å². The molecule has 0 radical (unpaired) electrons. The van der Waals surface area contributed by atoms with Gasteiger partial charge in [0.2, 0.25) is 0 Å². The van der Waals surface area contributed by atoms with Crippen molar-refractivity contribution in [2.45, 2.75) is 51.7 Å². The van der Waals surface area contributed by atoms with Gasteiger partial charge in [0.25, 0.3) is 0 Å². The molecule has 0 aliphatic heterocycles. The number of aromatic nitrogens is 1. The standard InChI is InChI=1S/C34H34ClNO4/c1-3-39-34(40-4-2,18-17-27-20-25-8-6-9-26(25)21-31(27)33(37)38)28-10-5-7-23(19-28)11-15-30-16-13-24-12-14-29(35)22-32(24)36-30/h5,7,10-16,19-22H,3-4,6,8-9,17-18H2,1-2H3,(H,37,38)/b15-11+. The lowest BCUT2D eigenvalue weighted by molar-refractivity contribution is -0.246. The number of hydrogen-bond donors (Lipinski definition) is 1. The van der Waals surface area contributed by atoms with E-state index in [2.05, 4.69) is 12.1 Å². The van der Waals surface area contributed by atoms with Crippen molar-refractivity contribution in [3.8, 4) is 0 Å². The highest BCUT2D eigenvalue weighted by atomic mass is 35.5. The Kier molecular flexibility index (Phi) is 8.65. The van der Waals surface area contributed by atoms with Gasteiger partial charge in [-0.15, -0.1) is 0 Å². The first kappa shape index (κ1) is 28.0. The van der Waals surface area contributed by atoms with Crippen LogP contribution in [0.25, 0.3) is 23.1 Å². The molecule has 0 fully saturated rings. The molecule has 1 aliphatic rings. The number of pyridine rings is 1. The number of aromatic carboxylic acids is 1. The van der Waals surface area contributed by atoms with Crippen LogP contribution in [-0.4, -0.2) is 29.3 Å². The summed E-state index contributed by atoms with van der Waals surface area (Å²) in [5.74, 6) is -1.89. The topological polar surface area (TPSA) is 68.7 Å². The third kappa shape index (κ3) is 6.12. The van der Waals surface area contributed by atoms with Gasteiger partial charge in [-0.05, 0) is 98.2 Å². The molecular formula is C34H34ClNO4. The van der Waals surface area contributed by atoms with Crippen LogP contribution in [0.2, 0.25) is 5.02 Å². The fourth-order valence-electron chi connectivity index (χ4n) is 5.60. The van der Waals surface area contributed by atoms with E-state index in [4.69, 9.17) is 26.1 Å². The normalized spacial score (nSPS) is 13.3. The summed E-state index contributed by atoms with van der Waals surface area (Å²) in [6.45, 7) is 4.82. The number of halogens is 1. The molecule has 0 saturated heterocycles. The maximum absolute atomic E-state index is 12.1. The Labute approximate surface area is 240 Å². The molecule has 4 aromatic rings. The smallest absolute Gasteiger partial charge is 0.335 e. The largest absolute Gasteiger partial charge is 0.478 e. The van der Waals surface area contributed by atoms with Crippen LogP contribution in [0.5, 0.6) is 0 Å². The highest BCUT2D eigenvalue weighted by Gasteiger charge is 2.34. The number of fused-ring (bicyclic) bond motifs is 2. The Bertz CT molecular complexity index is 1560. The van der Waals surface area contributed by atoms with E-state index >= 15 is 0 Å². The Hall–Kier alpha value is -3.51. The molecule has 1 aliphatic carbocycles. The molecule has 40 heavy (non-hydrogen) atoms. The van der Waals surface area contributed by atoms with Crippen molar-refractivity contribution in [1.29, 1.82) is 0 Å². The van der Waals surface area contributed by atoms with E-state index in [1.165, 1.54) is 5.56 Å². The van der Waals surface area contributed by atoms with Gasteiger partial charge in [0.05, 0.1) is 16.8 Å². The van der Waals surface area contributed by atoms with E-state index in [0.29, 0.717) is 36.6 Å². The maximum atomic E-state index is 12.1. The Morgan fingerprint density at radius 2 is 1.73 bits per heavy atom. The summed E-state index contributed by atoms with van der Waals surface area (Å²) in [5, 5.41) is 11.6. The Morgan fingerprint density at radius 3 is 2.48 bits per heavy atom. The number of rotatable bonds is 11. The summed E-state index contributed by atoms with van der Waals surface area (Å²) in [7, 11) is 0. The van der Waals surface area contributed by atoms with Crippen molar-refractivity contribution in [1.82, 2.24) is 4.98 Å². The van der Waals surface area contributed by atoms with Crippen molar-refractivity contribution in [3.05, 3.63) is 111 Å². The van der Waals surface area contributed by atoms with Crippen LogP contribution < -0.4 is 0 Å². The molecule has 0 atom stereocenters. The summed E-state index contributed by atoms with van der Waals surface area (Å²) in [4.78, 5) is 16.8. The van der Waals surface area contributed by atoms with Crippen LogP contribution in [0.1, 0.15) is 70.6 Å². The molecule has 6 heteroatoms. The molecule has 0 unspecified atom stereocenters. The third-order valence-corrected chi connectivity index (χ3v) is 7.71. The van der Waals surface area contributed by atoms with Crippen LogP contribution in [0.3, 0.4) is 0 Å². The van der Waals surface area contributed by atoms with Gasteiger partial charge in [-0.2, -0.15) is 0 Å².